The minimum Gasteiger partial charge on any atom is -0.312 e. The molecule has 0 amide bonds. The average Bonchev–Trinajstić information content (AvgIpc) is 2.31. The molecule has 2 rings (SSSR count). The molecular formula is C13H21N. The molecule has 0 aliphatic carbocycles. The first-order valence-corrected chi connectivity index (χ1v) is 5.71. The Hall–Kier alpha value is -0.820. The number of rotatable bonds is 1. The van der Waals surface area contributed by atoms with Crippen LogP contribution in [0.15, 0.2) is 18.2 Å². The largest absolute Gasteiger partial charge is 0.312 e. The molecule has 78 valence electrons. The Morgan fingerprint density at radius 3 is 2.71 bits per heavy atom. The van der Waals surface area contributed by atoms with Gasteiger partial charge in [-0.3, -0.25) is 0 Å². The van der Waals surface area contributed by atoms with Crippen LogP contribution in [0.5, 0.6) is 0 Å². The predicted octanol–water partition coefficient (Wildman–Crippen LogP) is 2.92. The van der Waals surface area contributed by atoms with E-state index in [0.29, 0.717) is 0 Å². The lowest BCUT2D eigenvalue weighted by molar-refractivity contribution is 0.643. The normalized spacial score (nSPS) is 13.9. The van der Waals surface area contributed by atoms with Gasteiger partial charge in [-0.05, 0) is 36.1 Å². The van der Waals surface area contributed by atoms with Gasteiger partial charge in [0, 0.05) is 6.54 Å². The second-order valence-electron chi connectivity index (χ2n) is 3.38. The second-order valence-corrected chi connectivity index (χ2v) is 3.38. The first kappa shape index (κ1) is 11.3. The number of hydrogen-bond donors (Lipinski definition) is 1. The molecule has 1 nitrogen and oxygen atoms in total. The van der Waals surface area contributed by atoms with Crippen molar-refractivity contribution in [3.63, 3.8) is 0 Å². The number of aryl methyl sites for hydroxylation is 1. The zero-order valence-electron chi connectivity index (χ0n) is 9.56. The van der Waals surface area contributed by atoms with Gasteiger partial charge in [0.05, 0.1) is 0 Å². The van der Waals surface area contributed by atoms with E-state index in [4.69, 9.17) is 0 Å². The molecule has 1 heteroatoms. The molecule has 1 N–H and O–H groups in total. The topological polar surface area (TPSA) is 12.0 Å². The summed E-state index contributed by atoms with van der Waals surface area (Å²) in [6.07, 6.45) is 2.34. The number of benzene rings is 1. The van der Waals surface area contributed by atoms with Gasteiger partial charge in [-0.25, -0.2) is 0 Å². The SMILES string of the molecule is CC.CCc1ccc2c(c1)CNCC2. The van der Waals surface area contributed by atoms with Crippen molar-refractivity contribution in [3.8, 4) is 0 Å². The Bertz CT molecular complexity index is 279. The van der Waals surface area contributed by atoms with Gasteiger partial charge in [0.1, 0.15) is 0 Å². The summed E-state index contributed by atoms with van der Waals surface area (Å²) in [7, 11) is 0. The number of nitrogens with one attached hydrogen (secondary N) is 1. The van der Waals surface area contributed by atoms with E-state index in [9.17, 15) is 0 Å². The van der Waals surface area contributed by atoms with Crippen molar-refractivity contribution >= 4 is 0 Å². The molecule has 0 saturated carbocycles. The molecule has 0 unspecified atom stereocenters. The van der Waals surface area contributed by atoms with E-state index >= 15 is 0 Å². The van der Waals surface area contributed by atoms with Gasteiger partial charge in [-0.15, -0.1) is 0 Å². The van der Waals surface area contributed by atoms with Gasteiger partial charge in [0.25, 0.3) is 0 Å². The van der Waals surface area contributed by atoms with Crippen molar-refractivity contribution in [1.82, 2.24) is 5.32 Å². The summed E-state index contributed by atoms with van der Waals surface area (Å²) in [6.45, 7) is 8.40. The molecule has 0 bridgehead atoms. The quantitative estimate of drug-likeness (QED) is 0.719. The summed E-state index contributed by atoms with van der Waals surface area (Å²) in [5.74, 6) is 0. The Kier molecular flexibility index (Phi) is 4.68. The molecule has 0 spiro atoms. The zero-order chi connectivity index (χ0) is 10.4. The number of hydrogen-bond acceptors (Lipinski definition) is 1. The lowest BCUT2D eigenvalue weighted by Gasteiger charge is -2.17. The van der Waals surface area contributed by atoms with E-state index in [0.717, 1.165) is 19.5 Å². The summed E-state index contributed by atoms with van der Waals surface area (Å²) in [6, 6.07) is 6.88. The van der Waals surface area contributed by atoms with Crippen LogP contribution in [-0.4, -0.2) is 6.54 Å². The molecule has 1 aromatic rings. The average molecular weight is 191 g/mol. The van der Waals surface area contributed by atoms with Crippen LogP contribution in [0.3, 0.4) is 0 Å². The van der Waals surface area contributed by atoms with Crippen molar-refractivity contribution in [1.29, 1.82) is 0 Å². The third-order valence-electron chi connectivity index (χ3n) is 2.57. The predicted molar refractivity (Wildman–Crippen MR) is 62.6 cm³/mol. The lowest BCUT2D eigenvalue weighted by Crippen LogP contribution is -2.23. The highest BCUT2D eigenvalue weighted by Gasteiger charge is 2.07. The first-order valence-electron chi connectivity index (χ1n) is 5.71. The summed E-state index contributed by atoms with van der Waals surface area (Å²) in [5, 5.41) is 3.39. The zero-order valence-corrected chi connectivity index (χ0v) is 9.56. The van der Waals surface area contributed by atoms with E-state index < -0.39 is 0 Å². The van der Waals surface area contributed by atoms with Crippen LogP contribution in [-0.2, 0) is 19.4 Å². The number of fused-ring (bicyclic) bond motifs is 1. The van der Waals surface area contributed by atoms with Gasteiger partial charge in [-0.2, -0.15) is 0 Å². The van der Waals surface area contributed by atoms with Crippen LogP contribution >= 0.6 is 0 Å². The van der Waals surface area contributed by atoms with Gasteiger partial charge in [0.15, 0.2) is 0 Å². The lowest BCUT2D eigenvalue weighted by atomic mass is 9.98. The van der Waals surface area contributed by atoms with Crippen LogP contribution < -0.4 is 5.32 Å². The van der Waals surface area contributed by atoms with E-state index in [1.54, 1.807) is 0 Å². The van der Waals surface area contributed by atoms with Gasteiger partial charge in [-0.1, -0.05) is 39.0 Å². The fraction of sp³-hybridized carbons (Fsp3) is 0.538. The van der Waals surface area contributed by atoms with Crippen LogP contribution in [0.2, 0.25) is 0 Å². The second kappa shape index (κ2) is 5.82. The standard InChI is InChI=1S/C11H15N.C2H6/c1-2-9-3-4-10-5-6-12-8-11(10)7-9;1-2/h3-4,7,12H,2,5-6,8H2,1H3;1-2H3. The summed E-state index contributed by atoms with van der Waals surface area (Å²) in [4.78, 5) is 0. The summed E-state index contributed by atoms with van der Waals surface area (Å²) in [5.41, 5.74) is 4.49. The summed E-state index contributed by atoms with van der Waals surface area (Å²) < 4.78 is 0. The van der Waals surface area contributed by atoms with E-state index in [-0.39, 0.29) is 0 Å². The van der Waals surface area contributed by atoms with E-state index in [1.807, 2.05) is 13.8 Å². The first-order chi connectivity index (χ1) is 6.90. The molecule has 0 fully saturated rings. The molecule has 0 saturated heterocycles. The maximum Gasteiger partial charge on any atom is 0.0208 e. The van der Waals surface area contributed by atoms with Crippen molar-refractivity contribution < 1.29 is 0 Å². The van der Waals surface area contributed by atoms with Crippen LogP contribution in [0.1, 0.15) is 37.5 Å². The monoisotopic (exact) mass is 191 g/mol. The maximum atomic E-state index is 3.39. The Labute approximate surface area is 87.5 Å². The van der Waals surface area contributed by atoms with Crippen molar-refractivity contribution in [3.05, 3.63) is 34.9 Å². The Balaban J connectivity index is 0.000000461. The molecule has 1 heterocycles. The highest BCUT2D eigenvalue weighted by atomic mass is 14.9. The minimum absolute atomic E-state index is 1.06. The molecule has 0 aromatic heterocycles. The van der Waals surface area contributed by atoms with E-state index in [2.05, 4.69) is 30.4 Å². The smallest absolute Gasteiger partial charge is 0.0208 e. The van der Waals surface area contributed by atoms with Crippen LogP contribution in [0.4, 0.5) is 0 Å². The molecule has 0 radical (unpaired) electrons. The van der Waals surface area contributed by atoms with Crippen molar-refractivity contribution in [2.75, 3.05) is 6.54 Å². The Morgan fingerprint density at radius 2 is 2.00 bits per heavy atom. The molecule has 1 aromatic carbocycles. The third kappa shape index (κ3) is 2.58. The molecule has 1 aliphatic heterocycles. The third-order valence-corrected chi connectivity index (χ3v) is 2.57. The minimum atomic E-state index is 1.06. The fourth-order valence-electron chi connectivity index (χ4n) is 1.75. The van der Waals surface area contributed by atoms with Gasteiger partial charge < -0.3 is 5.32 Å². The van der Waals surface area contributed by atoms with Crippen LogP contribution in [0.25, 0.3) is 0 Å². The van der Waals surface area contributed by atoms with Gasteiger partial charge in [0.2, 0.25) is 0 Å². The molecule has 0 atom stereocenters. The highest BCUT2D eigenvalue weighted by molar-refractivity contribution is 5.33. The van der Waals surface area contributed by atoms with Gasteiger partial charge >= 0.3 is 0 Å². The fourth-order valence-corrected chi connectivity index (χ4v) is 1.75. The van der Waals surface area contributed by atoms with E-state index in [1.165, 1.54) is 23.1 Å². The van der Waals surface area contributed by atoms with Crippen molar-refractivity contribution in [2.24, 2.45) is 0 Å². The molecule has 1 aliphatic rings. The highest BCUT2D eigenvalue weighted by Crippen LogP contribution is 2.15. The Morgan fingerprint density at radius 1 is 1.21 bits per heavy atom. The van der Waals surface area contributed by atoms with Crippen molar-refractivity contribution in [2.45, 2.75) is 40.2 Å². The van der Waals surface area contributed by atoms with Crippen LogP contribution in [0, 0.1) is 0 Å². The molecule has 14 heavy (non-hydrogen) atoms. The summed E-state index contributed by atoms with van der Waals surface area (Å²) >= 11 is 0. The maximum absolute atomic E-state index is 3.39. The molecular weight excluding hydrogens is 170 g/mol.